The fraction of sp³-hybridized carbons (Fsp3) is 0.333. The molecule has 0 unspecified atom stereocenters. The van der Waals surface area contributed by atoms with Gasteiger partial charge in [0.05, 0.1) is 5.56 Å². The van der Waals surface area contributed by atoms with Crippen molar-refractivity contribution in [2.75, 3.05) is 5.43 Å². The molecule has 1 aliphatic carbocycles. The summed E-state index contributed by atoms with van der Waals surface area (Å²) in [7, 11) is 0. The monoisotopic (exact) mass is 288 g/mol. The molecule has 0 radical (unpaired) electrons. The number of rotatable bonds is 5. The van der Waals surface area contributed by atoms with Crippen LogP contribution in [0.4, 0.5) is 10.2 Å². The molecule has 1 fully saturated rings. The quantitative estimate of drug-likeness (QED) is 0.653. The van der Waals surface area contributed by atoms with Crippen LogP contribution in [0.1, 0.15) is 35.7 Å². The molecular weight excluding hydrogens is 271 g/mol. The van der Waals surface area contributed by atoms with E-state index in [2.05, 4.69) is 15.4 Å². The van der Waals surface area contributed by atoms with E-state index in [0.29, 0.717) is 23.2 Å². The van der Waals surface area contributed by atoms with Crippen molar-refractivity contribution in [2.24, 2.45) is 5.84 Å². The van der Waals surface area contributed by atoms with Crippen molar-refractivity contribution < 1.29 is 9.13 Å². The smallest absolute Gasteiger partial charge is 0.222 e. The molecule has 21 heavy (non-hydrogen) atoms. The van der Waals surface area contributed by atoms with Crippen LogP contribution in [0.25, 0.3) is 0 Å². The number of hydrogen-bond acceptors (Lipinski definition) is 5. The van der Waals surface area contributed by atoms with Gasteiger partial charge in [-0.2, -0.15) is 4.98 Å². The van der Waals surface area contributed by atoms with Crippen molar-refractivity contribution >= 4 is 5.82 Å². The Hall–Kier alpha value is -2.21. The number of anilines is 1. The largest absolute Gasteiger partial charge is 0.472 e. The van der Waals surface area contributed by atoms with Gasteiger partial charge in [0.15, 0.2) is 0 Å². The maximum Gasteiger partial charge on any atom is 0.222 e. The van der Waals surface area contributed by atoms with Gasteiger partial charge in [-0.15, -0.1) is 0 Å². The van der Waals surface area contributed by atoms with Crippen LogP contribution in [-0.2, 0) is 6.61 Å². The molecule has 0 atom stereocenters. The summed E-state index contributed by atoms with van der Waals surface area (Å²) in [6.07, 6.45) is 2.17. The average molecular weight is 288 g/mol. The first kappa shape index (κ1) is 13.8. The molecule has 3 N–H and O–H groups in total. The summed E-state index contributed by atoms with van der Waals surface area (Å²) in [6, 6.07) is 6.53. The van der Waals surface area contributed by atoms with E-state index in [-0.39, 0.29) is 12.4 Å². The number of nitrogens with two attached hydrogens (primary N) is 1. The van der Waals surface area contributed by atoms with Crippen LogP contribution in [0, 0.1) is 12.7 Å². The third-order valence-electron chi connectivity index (χ3n) is 3.52. The molecule has 0 aliphatic heterocycles. The van der Waals surface area contributed by atoms with E-state index in [9.17, 15) is 4.39 Å². The lowest BCUT2D eigenvalue weighted by atomic mass is 10.2. The fourth-order valence-corrected chi connectivity index (χ4v) is 2.08. The van der Waals surface area contributed by atoms with Crippen molar-refractivity contribution in [1.29, 1.82) is 0 Å². The molecule has 1 aromatic carbocycles. The predicted molar refractivity (Wildman–Crippen MR) is 77.3 cm³/mol. The summed E-state index contributed by atoms with van der Waals surface area (Å²) in [4.78, 5) is 8.82. The van der Waals surface area contributed by atoms with Gasteiger partial charge in [0.2, 0.25) is 5.88 Å². The number of halogens is 1. The number of hydrogen-bond donors (Lipinski definition) is 2. The zero-order chi connectivity index (χ0) is 14.8. The SMILES string of the molecule is Cc1c(NN)nc(C2CC2)nc1OCc1ccccc1F. The molecule has 3 rings (SSSR count). The Morgan fingerprint density at radius 3 is 2.76 bits per heavy atom. The molecule has 1 saturated carbocycles. The summed E-state index contributed by atoms with van der Waals surface area (Å²) in [6.45, 7) is 1.95. The van der Waals surface area contributed by atoms with Crippen LogP contribution in [-0.4, -0.2) is 9.97 Å². The number of aromatic nitrogens is 2. The van der Waals surface area contributed by atoms with Gasteiger partial charge in [-0.05, 0) is 25.8 Å². The average Bonchev–Trinajstić information content (AvgIpc) is 3.32. The predicted octanol–water partition coefficient (Wildman–Crippen LogP) is 2.67. The molecular formula is C15H17FN4O. The van der Waals surface area contributed by atoms with Gasteiger partial charge in [-0.3, -0.25) is 0 Å². The Morgan fingerprint density at radius 1 is 1.33 bits per heavy atom. The van der Waals surface area contributed by atoms with Gasteiger partial charge in [0, 0.05) is 11.5 Å². The molecule has 0 bridgehead atoms. The summed E-state index contributed by atoms with van der Waals surface area (Å²) in [5, 5.41) is 0. The van der Waals surface area contributed by atoms with Crippen LogP contribution < -0.4 is 16.0 Å². The number of ether oxygens (including phenoxy) is 1. The second-order valence-electron chi connectivity index (χ2n) is 5.16. The highest BCUT2D eigenvalue weighted by Gasteiger charge is 2.28. The molecule has 1 heterocycles. The van der Waals surface area contributed by atoms with E-state index in [1.165, 1.54) is 6.07 Å². The zero-order valence-electron chi connectivity index (χ0n) is 11.8. The highest BCUT2D eigenvalue weighted by molar-refractivity contribution is 5.48. The van der Waals surface area contributed by atoms with Crippen molar-refractivity contribution in [1.82, 2.24) is 9.97 Å². The van der Waals surface area contributed by atoms with E-state index in [1.54, 1.807) is 18.2 Å². The highest BCUT2D eigenvalue weighted by atomic mass is 19.1. The second-order valence-corrected chi connectivity index (χ2v) is 5.16. The maximum absolute atomic E-state index is 13.6. The molecule has 5 nitrogen and oxygen atoms in total. The van der Waals surface area contributed by atoms with Crippen molar-refractivity contribution in [2.45, 2.75) is 32.3 Å². The molecule has 2 aromatic rings. The third kappa shape index (κ3) is 2.95. The number of nitrogens with one attached hydrogen (secondary N) is 1. The highest BCUT2D eigenvalue weighted by Crippen LogP contribution is 2.39. The van der Waals surface area contributed by atoms with Crippen LogP contribution in [0.3, 0.4) is 0 Å². The van der Waals surface area contributed by atoms with E-state index < -0.39 is 0 Å². The minimum Gasteiger partial charge on any atom is -0.472 e. The summed E-state index contributed by atoms with van der Waals surface area (Å²) < 4.78 is 19.3. The van der Waals surface area contributed by atoms with Crippen LogP contribution in [0.2, 0.25) is 0 Å². The van der Waals surface area contributed by atoms with Gasteiger partial charge >= 0.3 is 0 Å². The molecule has 0 saturated heterocycles. The van der Waals surface area contributed by atoms with Crippen LogP contribution >= 0.6 is 0 Å². The Morgan fingerprint density at radius 2 is 2.10 bits per heavy atom. The first-order valence-electron chi connectivity index (χ1n) is 6.90. The minimum atomic E-state index is -0.288. The molecule has 110 valence electrons. The Labute approximate surface area is 122 Å². The zero-order valence-corrected chi connectivity index (χ0v) is 11.8. The minimum absolute atomic E-state index is 0.124. The summed E-state index contributed by atoms with van der Waals surface area (Å²) in [5.41, 5.74) is 3.78. The van der Waals surface area contributed by atoms with Crippen LogP contribution in [0.15, 0.2) is 24.3 Å². The molecule has 1 aromatic heterocycles. The Balaban J connectivity index is 1.84. The molecule has 6 heteroatoms. The van der Waals surface area contributed by atoms with Crippen LogP contribution in [0.5, 0.6) is 5.88 Å². The third-order valence-corrected chi connectivity index (χ3v) is 3.52. The first-order chi connectivity index (χ1) is 10.2. The van der Waals surface area contributed by atoms with Crippen molar-refractivity contribution in [3.05, 3.63) is 47.0 Å². The number of nitrogen functional groups attached to an aromatic ring is 1. The molecule has 0 amide bonds. The normalized spacial score (nSPS) is 14.0. The fourth-order valence-electron chi connectivity index (χ4n) is 2.08. The van der Waals surface area contributed by atoms with E-state index >= 15 is 0 Å². The van der Waals surface area contributed by atoms with Gasteiger partial charge in [-0.25, -0.2) is 15.2 Å². The Kier molecular flexibility index (Phi) is 3.70. The van der Waals surface area contributed by atoms with E-state index in [0.717, 1.165) is 24.2 Å². The lowest BCUT2D eigenvalue weighted by Crippen LogP contribution is -2.13. The lowest BCUT2D eigenvalue weighted by molar-refractivity contribution is 0.284. The Bertz CT molecular complexity index is 658. The van der Waals surface area contributed by atoms with Crippen molar-refractivity contribution in [3.8, 4) is 5.88 Å². The topological polar surface area (TPSA) is 73.1 Å². The summed E-state index contributed by atoms with van der Waals surface area (Å²) >= 11 is 0. The second kappa shape index (κ2) is 5.65. The van der Waals surface area contributed by atoms with Crippen molar-refractivity contribution in [3.63, 3.8) is 0 Å². The molecule has 0 spiro atoms. The molecule has 1 aliphatic rings. The standard InChI is InChI=1S/C15H17FN4O/c1-9-13(20-17)18-14(10-6-7-10)19-15(9)21-8-11-4-2-3-5-12(11)16/h2-5,10H,6-8,17H2,1H3,(H,18,19,20). The number of benzene rings is 1. The van der Waals surface area contributed by atoms with Gasteiger partial charge in [0.25, 0.3) is 0 Å². The van der Waals surface area contributed by atoms with Gasteiger partial charge in [-0.1, -0.05) is 18.2 Å². The lowest BCUT2D eigenvalue weighted by Gasteiger charge is -2.13. The van der Waals surface area contributed by atoms with E-state index in [1.807, 2.05) is 6.92 Å². The first-order valence-corrected chi connectivity index (χ1v) is 6.90. The number of hydrazine groups is 1. The van der Waals surface area contributed by atoms with E-state index in [4.69, 9.17) is 10.6 Å². The number of nitrogens with zero attached hydrogens (tertiary/aromatic N) is 2. The van der Waals surface area contributed by atoms with Gasteiger partial charge < -0.3 is 10.2 Å². The van der Waals surface area contributed by atoms with Gasteiger partial charge in [0.1, 0.15) is 24.1 Å². The summed E-state index contributed by atoms with van der Waals surface area (Å²) in [5.74, 6) is 7.31. The maximum atomic E-state index is 13.6.